The highest BCUT2D eigenvalue weighted by Gasteiger charge is 2.37. The normalized spacial score (nSPS) is 23.5. The number of nitrogens with zero attached hydrogens (tertiary/aromatic N) is 5. The second-order valence-corrected chi connectivity index (χ2v) is 7.20. The molecule has 122 valence electrons. The van der Waals surface area contributed by atoms with Crippen LogP contribution in [0.2, 0.25) is 10.0 Å². The molecule has 4 rings (SSSR count). The Balaban J connectivity index is 1.61. The molecule has 0 saturated heterocycles. The van der Waals surface area contributed by atoms with Gasteiger partial charge in [0.1, 0.15) is 0 Å². The molecule has 23 heavy (non-hydrogen) atoms. The summed E-state index contributed by atoms with van der Waals surface area (Å²) in [6, 6.07) is 3.89. The van der Waals surface area contributed by atoms with Crippen molar-refractivity contribution >= 4 is 23.2 Å². The summed E-state index contributed by atoms with van der Waals surface area (Å²) in [4.78, 5) is 2.06. The topological polar surface area (TPSA) is 67.1 Å². The van der Waals surface area contributed by atoms with Crippen molar-refractivity contribution in [2.24, 2.45) is 0 Å². The van der Waals surface area contributed by atoms with Crippen LogP contribution in [0.3, 0.4) is 0 Å². The molecule has 1 aromatic heterocycles. The summed E-state index contributed by atoms with van der Waals surface area (Å²) in [7, 11) is 1.96. The van der Waals surface area contributed by atoms with Crippen LogP contribution in [-0.4, -0.2) is 43.4 Å². The molecule has 2 aliphatic rings. The summed E-state index contributed by atoms with van der Waals surface area (Å²) in [5.74, 6) is 0.823. The lowest BCUT2D eigenvalue weighted by atomic mass is 10.1. The SMILES string of the molecule is CN(Cc1nnnn1C1CC1)C1c2cc(Cl)cc(Cl)c2CC1O. The fourth-order valence-electron chi connectivity index (χ4n) is 3.40. The second-order valence-electron chi connectivity index (χ2n) is 6.36. The molecule has 2 aliphatic carbocycles. The first-order valence-corrected chi connectivity index (χ1v) is 8.43. The van der Waals surface area contributed by atoms with Crippen molar-refractivity contribution in [1.82, 2.24) is 25.1 Å². The number of fused-ring (bicyclic) bond motifs is 1. The third-order valence-corrected chi connectivity index (χ3v) is 5.17. The Labute approximate surface area is 144 Å². The molecule has 1 N–H and O–H groups in total. The molecule has 1 heterocycles. The molecule has 1 aromatic carbocycles. The summed E-state index contributed by atoms with van der Waals surface area (Å²) < 4.78 is 1.89. The Morgan fingerprint density at radius 1 is 1.35 bits per heavy atom. The van der Waals surface area contributed by atoms with Gasteiger partial charge < -0.3 is 5.11 Å². The highest BCUT2D eigenvalue weighted by atomic mass is 35.5. The number of hydrogen-bond donors (Lipinski definition) is 1. The van der Waals surface area contributed by atoms with Gasteiger partial charge in [0.15, 0.2) is 5.82 Å². The molecular weight excluding hydrogens is 337 g/mol. The van der Waals surface area contributed by atoms with Crippen LogP contribution in [0.25, 0.3) is 0 Å². The quantitative estimate of drug-likeness (QED) is 0.913. The molecule has 2 atom stereocenters. The molecule has 0 spiro atoms. The molecule has 1 saturated carbocycles. The average molecular weight is 354 g/mol. The van der Waals surface area contributed by atoms with E-state index in [9.17, 15) is 5.11 Å². The summed E-state index contributed by atoms with van der Waals surface area (Å²) in [6.45, 7) is 0.564. The fraction of sp³-hybridized carbons (Fsp3) is 0.533. The average Bonchev–Trinajstić information content (AvgIpc) is 3.13. The van der Waals surface area contributed by atoms with E-state index in [0.29, 0.717) is 29.1 Å². The van der Waals surface area contributed by atoms with E-state index in [4.69, 9.17) is 23.2 Å². The van der Waals surface area contributed by atoms with Gasteiger partial charge in [0, 0.05) is 16.5 Å². The molecule has 0 bridgehead atoms. The smallest absolute Gasteiger partial charge is 0.165 e. The van der Waals surface area contributed by atoms with E-state index < -0.39 is 6.10 Å². The van der Waals surface area contributed by atoms with Crippen molar-refractivity contribution in [3.8, 4) is 0 Å². The Bertz CT molecular complexity index is 745. The van der Waals surface area contributed by atoms with E-state index in [1.165, 1.54) is 0 Å². The maximum atomic E-state index is 10.5. The molecule has 6 nitrogen and oxygen atoms in total. The highest BCUT2D eigenvalue weighted by Crippen LogP contribution is 2.41. The lowest BCUT2D eigenvalue weighted by Gasteiger charge is -2.27. The third-order valence-electron chi connectivity index (χ3n) is 4.61. The maximum absolute atomic E-state index is 10.5. The molecule has 0 radical (unpaired) electrons. The Hall–Kier alpha value is -1.21. The predicted octanol–water partition coefficient (Wildman–Crippen LogP) is 2.40. The van der Waals surface area contributed by atoms with E-state index in [0.717, 1.165) is 29.8 Å². The highest BCUT2D eigenvalue weighted by molar-refractivity contribution is 6.35. The predicted molar refractivity (Wildman–Crippen MR) is 86.5 cm³/mol. The molecule has 0 amide bonds. The summed E-state index contributed by atoms with van der Waals surface area (Å²) in [6.07, 6.45) is 2.27. The lowest BCUT2D eigenvalue weighted by molar-refractivity contribution is 0.0703. The van der Waals surface area contributed by atoms with Gasteiger partial charge in [-0.1, -0.05) is 23.2 Å². The number of tetrazole rings is 1. The summed E-state index contributed by atoms with van der Waals surface area (Å²) in [5.41, 5.74) is 1.96. The van der Waals surface area contributed by atoms with Crippen molar-refractivity contribution in [3.05, 3.63) is 39.1 Å². The van der Waals surface area contributed by atoms with Gasteiger partial charge in [-0.15, -0.1) is 5.10 Å². The molecule has 2 unspecified atom stereocenters. The Morgan fingerprint density at radius 2 is 2.13 bits per heavy atom. The van der Waals surface area contributed by atoms with Crippen LogP contribution in [0, 0.1) is 0 Å². The summed E-state index contributed by atoms with van der Waals surface area (Å²) >= 11 is 12.4. The molecule has 0 aliphatic heterocycles. The van der Waals surface area contributed by atoms with Gasteiger partial charge in [0.05, 0.1) is 24.7 Å². The summed E-state index contributed by atoms with van der Waals surface area (Å²) in [5, 5.41) is 23.7. The van der Waals surface area contributed by atoms with Crippen molar-refractivity contribution in [2.75, 3.05) is 7.05 Å². The van der Waals surface area contributed by atoms with E-state index in [1.54, 1.807) is 6.07 Å². The van der Waals surface area contributed by atoms with E-state index in [1.807, 2.05) is 17.8 Å². The Morgan fingerprint density at radius 3 is 2.87 bits per heavy atom. The minimum atomic E-state index is -0.517. The number of hydrogen-bond acceptors (Lipinski definition) is 5. The van der Waals surface area contributed by atoms with Crippen LogP contribution in [0.5, 0.6) is 0 Å². The van der Waals surface area contributed by atoms with Gasteiger partial charge in [0.25, 0.3) is 0 Å². The van der Waals surface area contributed by atoms with Crippen molar-refractivity contribution in [1.29, 1.82) is 0 Å². The number of likely N-dealkylation sites (N-methyl/N-ethyl adjacent to an activating group) is 1. The number of aromatic nitrogens is 4. The number of benzene rings is 1. The largest absolute Gasteiger partial charge is 0.391 e. The first kappa shape index (κ1) is 15.3. The fourth-order valence-corrected chi connectivity index (χ4v) is 3.99. The van der Waals surface area contributed by atoms with Crippen LogP contribution in [-0.2, 0) is 13.0 Å². The van der Waals surface area contributed by atoms with E-state index in [2.05, 4.69) is 20.4 Å². The van der Waals surface area contributed by atoms with Crippen LogP contribution >= 0.6 is 23.2 Å². The lowest BCUT2D eigenvalue weighted by Crippen LogP contribution is -2.31. The number of halogens is 2. The zero-order valence-electron chi connectivity index (χ0n) is 12.7. The van der Waals surface area contributed by atoms with Crippen LogP contribution in [0.1, 0.15) is 41.9 Å². The van der Waals surface area contributed by atoms with Gasteiger partial charge in [-0.3, -0.25) is 4.90 Å². The van der Waals surface area contributed by atoms with E-state index >= 15 is 0 Å². The van der Waals surface area contributed by atoms with Gasteiger partial charge in [-0.2, -0.15) is 0 Å². The standard InChI is InChI=1S/C15H17Cl2N5O/c1-21(7-14-18-19-20-22(14)9-2-3-9)15-11-4-8(16)5-12(17)10(11)6-13(15)23/h4-5,9,13,15,23H,2-3,6-7H2,1H3. The van der Waals surface area contributed by atoms with Gasteiger partial charge in [-0.05, 0) is 53.6 Å². The Kier molecular flexibility index (Phi) is 3.80. The van der Waals surface area contributed by atoms with Gasteiger partial charge in [-0.25, -0.2) is 4.68 Å². The zero-order valence-corrected chi connectivity index (χ0v) is 14.2. The zero-order chi connectivity index (χ0) is 16.1. The van der Waals surface area contributed by atoms with Crippen LogP contribution < -0.4 is 0 Å². The first-order chi connectivity index (χ1) is 11.0. The van der Waals surface area contributed by atoms with Crippen molar-refractivity contribution in [2.45, 2.75) is 44.0 Å². The number of aliphatic hydroxyl groups excluding tert-OH is 1. The van der Waals surface area contributed by atoms with Crippen LogP contribution in [0.15, 0.2) is 12.1 Å². The third kappa shape index (κ3) is 2.74. The molecule has 8 heteroatoms. The monoisotopic (exact) mass is 353 g/mol. The van der Waals surface area contributed by atoms with Crippen molar-refractivity contribution in [3.63, 3.8) is 0 Å². The first-order valence-electron chi connectivity index (χ1n) is 7.67. The molecular formula is C15H17Cl2N5O. The van der Waals surface area contributed by atoms with E-state index in [-0.39, 0.29) is 6.04 Å². The minimum absolute atomic E-state index is 0.162. The molecule has 1 fully saturated rings. The maximum Gasteiger partial charge on any atom is 0.165 e. The second kappa shape index (κ2) is 5.70. The van der Waals surface area contributed by atoms with Crippen LogP contribution in [0.4, 0.5) is 0 Å². The van der Waals surface area contributed by atoms with Gasteiger partial charge >= 0.3 is 0 Å². The molecule has 2 aromatic rings. The van der Waals surface area contributed by atoms with Gasteiger partial charge in [0.2, 0.25) is 0 Å². The minimum Gasteiger partial charge on any atom is -0.391 e. The number of rotatable bonds is 4. The number of aliphatic hydroxyl groups is 1. The van der Waals surface area contributed by atoms with Crippen molar-refractivity contribution < 1.29 is 5.11 Å².